The van der Waals surface area contributed by atoms with Crippen LogP contribution in [0, 0.1) is 6.92 Å². The molecule has 0 radical (unpaired) electrons. The Labute approximate surface area is 116 Å². The minimum Gasteiger partial charge on any atom is -0.465 e. The third kappa shape index (κ3) is 2.85. The quantitative estimate of drug-likeness (QED) is 0.865. The van der Waals surface area contributed by atoms with E-state index in [9.17, 15) is 9.59 Å². The molecule has 0 saturated carbocycles. The smallest absolute Gasteiger partial charge is 0.337 e. The van der Waals surface area contributed by atoms with Gasteiger partial charge in [0.1, 0.15) is 0 Å². The molecule has 0 aliphatic rings. The van der Waals surface area contributed by atoms with Gasteiger partial charge in [0, 0.05) is 18.9 Å². The van der Waals surface area contributed by atoms with Gasteiger partial charge >= 0.3 is 5.97 Å². The molecule has 1 aromatic heterocycles. The number of benzene rings is 1. The number of aromatic nitrogens is 2. The molecule has 0 atom stereocenters. The average molecular weight is 273 g/mol. The number of esters is 1. The lowest BCUT2D eigenvalue weighted by Crippen LogP contribution is -2.13. The fraction of sp³-hybridized carbons (Fsp3) is 0.214. The van der Waals surface area contributed by atoms with Crippen LogP contribution < -0.4 is 5.32 Å². The van der Waals surface area contributed by atoms with E-state index in [4.69, 9.17) is 0 Å². The first-order chi connectivity index (χ1) is 9.51. The predicted molar refractivity (Wildman–Crippen MR) is 73.7 cm³/mol. The van der Waals surface area contributed by atoms with Crippen LogP contribution >= 0.6 is 0 Å². The largest absolute Gasteiger partial charge is 0.465 e. The van der Waals surface area contributed by atoms with Crippen LogP contribution in [0.15, 0.2) is 30.5 Å². The van der Waals surface area contributed by atoms with Crippen LogP contribution in [-0.4, -0.2) is 28.8 Å². The van der Waals surface area contributed by atoms with E-state index in [1.807, 2.05) is 0 Å². The van der Waals surface area contributed by atoms with Crippen molar-refractivity contribution in [3.63, 3.8) is 0 Å². The van der Waals surface area contributed by atoms with Crippen molar-refractivity contribution in [1.29, 1.82) is 0 Å². The van der Waals surface area contributed by atoms with Crippen molar-refractivity contribution in [3.05, 3.63) is 47.3 Å². The molecule has 1 N–H and O–H groups in total. The minimum atomic E-state index is -0.446. The maximum absolute atomic E-state index is 12.1. The van der Waals surface area contributed by atoms with Gasteiger partial charge in [0.2, 0.25) is 0 Å². The Morgan fingerprint density at radius 3 is 2.70 bits per heavy atom. The van der Waals surface area contributed by atoms with Gasteiger partial charge in [0.05, 0.1) is 23.9 Å². The topological polar surface area (TPSA) is 73.2 Å². The molecule has 1 aromatic carbocycles. The Morgan fingerprint density at radius 1 is 1.35 bits per heavy atom. The number of methoxy groups -OCH3 is 1. The van der Waals surface area contributed by atoms with Gasteiger partial charge < -0.3 is 10.1 Å². The van der Waals surface area contributed by atoms with E-state index in [1.165, 1.54) is 7.11 Å². The van der Waals surface area contributed by atoms with Gasteiger partial charge in [-0.1, -0.05) is 6.07 Å². The zero-order chi connectivity index (χ0) is 14.7. The standard InChI is InChI=1S/C14H15N3O3/c1-9-12(8-17(2)16-9)13(18)15-11-6-4-5-10(7-11)14(19)20-3/h4-8H,1-3H3,(H,15,18). The van der Waals surface area contributed by atoms with Crippen LogP contribution in [0.5, 0.6) is 0 Å². The van der Waals surface area contributed by atoms with Crippen molar-refractivity contribution >= 4 is 17.6 Å². The summed E-state index contributed by atoms with van der Waals surface area (Å²) >= 11 is 0. The van der Waals surface area contributed by atoms with E-state index in [-0.39, 0.29) is 5.91 Å². The van der Waals surface area contributed by atoms with Crippen molar-refractivity contribution in [2.45, 2.75) is 6.92 Å². The third-order valence-corrected chi connectivity index (χ3v) is 2.80. The van der Waals surface area contributed by atoms with Crippen LogP contribution in [0.1, 0.15) is 26.4 Å². The molecule has 1 amide bonds. The van der Waals surface area contributed by atoms with Gasteiger partial charge in [-0.3, -0.25) is 9.48 Å². The summed E-state index contributed by atoms with van der Waals surface area (Å²) in [6, 6.07) is 6.57. The van der Waals surface area contributed by atoms with Crippen molar-refractivity contribution in [1.82, 2.24) is 9.78 Å². The molecular weight excluding hydrogens is 258 g/mol. The second kappa shape index (κ2) is 5.56. The number of hydrogen-bond acceptors (Lipinski definition) is 4. The number of amides is 1. The van der Waals surface area contributed by atoms with Crippen LogP contribution in [0.3, 0.4) is 0 Å². The molecule has 1 heterocycles. The monoisotopic (exact) mass is 273 g/mol. The Morgan fingerprint density at radius 2 is 2.10 bits per heavy atom. The molecule has 6 nitrogen and oxygen atoms in total. The van der Waals surface area contributed by atoms with Gasteiger partial charge in [-0.25, -0.2) is 4.79 Å². The Bertz CT molecular complexity index is 661. The second-order valence-electron chi connectivity index (χ2n) is 4.33. The number of rotatable bonds is 3. The minimum absolute atomic E-state index is 0.266. The summed E-state index contributed by atoms with van der Waals surface area (Å²) in [5, 5.41) is 6.85. The highest BCUT2D eigenvalue weighted by Crippen LogP contribution is 2.14. The molecule has 2 rings (SSSR count). The predicted octanol–water partition coefficient (Wildman–Crippen LogP) is 1.77. The number of anilines is 1. The van der Waals surface area contributed by atoms with Gasteiger partial charge in [0.15, 0.2) is 0 Å². The molecule has 0 saturated heterocycles. The summed E-state index contributed by atoms with van der Waals surface area (Å²) < 4.78 is 6.22. The van der Waals surface area contributed by atoms with Crippen molar-refractivity contribution in [3.8, 4) is 0 Å². The maximum Gasteiger partial charge on any atom is 0.337 e. The Balaban J connectivity index is 2.20. The molecule has 0 spiro atoms. The summed E-state index contributed by atoms with van der Waals surface area (Å²) in [6.45, 7) is 1.76. The number of nitrogens with zero attached hydrogens (tertiary/aromatic N) is 2. The lowest BCUT2D eigenvalue weighted by molar-refractivity contribution is 0.0600. The molecular formula is C14H15N3O3. The van der Waals surface area contributed by atoms with E-state index in [0.29, 0.717) is 22.5 Å². The fourth-order valence-electron chi connectivity index (χ4n) is 1.86. The molecule has 104 valence electrons. The van der Waals surface area contributed by atoms with E-state index in [1.54, 1.807) is 49.1 Å². The first-order valence-electron chi connectivity index (χ1n) is 6.01. The molecule has 0 aliphatic carbocycles. The molecule has 0 fully saturated rings. The SMILES string of the molecule is COC(=O)c1cccc(NC(=O)c2cn(C)nc2C)c1. The zero-order valence-electron chi connectivity index (χ0n) is 11.5. The maximum atomic E-state index is 12.1. The van der Waals surface area contributed by atoms with Crippen molar-refractivity contribution in [2.75, 3.05) is 12.4 Å². The van der Waals surface area contributed by atoms with E-state index < -0.39 is 5.97 Å². The summed E-state index contributed by atoms with van der Waals surface area (Å²) in [5.74, 6) is -0.712. The summed E-state index contributed by atoms with van der Waals surface area (Å²) in [4.78, 5) is 23.5. The van der Waals surface area contributed by atoms with E-state index in [0.717, 1.165) is 0 Å². The number of nitrogens with one attached hydrogen (secondary N) is 1. The first kappa shape index (κ1) is 13.8. The first-order valence-corrected chi connectivity index (χ1v) is 6.01. The highest BCUT2D eigenvalue weighted by molar-refractivity contribution is 6.05. The third-order valence-electron chi connectivity index (χ3n) is 2.80. The fourth-order valence-corrected chi connectivity index (χ4v) is 1.86. The van der Waals surface area contributed by atoms with Gasteiger partial charge in [-0.2, -0.15) is 5.10 Å². The van der Waals surface area contributed by atoms with Crippen molar-refractivity contribution < 1.29 is 14.3 Å². The van der Waals surface area contributed by atoms with E-state index in [2.05, 4.69) is 15.2 Å². The van der Waals surface area contributed by atoms with Gasteiger partial charge in [-0.05, 0) is 25.1 Å². The lowest BCUT2D eigenvalue weighted by atomic mass is 10.2. The summed E-state index contributed by atoms with van der Waals surface area (Å²) in [5.41, 5.74) is 2.06. The molecule has 0 bridgehead atoms. The number of aryl methyl sites for hydroxylation is 2. The molecule has 6 heteroatoms. The summed E-state index contributed by atoms with van der Waals surface area (Å²) in [7, 11) is 3.06. The van der Waals surface area contributed by atoms with Crippen LogP contribution in [0.4, 0.5) is 5.69 Å². The van der Waals surface area contributed by atoms with Gasteiger partial charge in [0.25, 0.3) is 5.91 Å². The number of ether oxygens (including phenoxy) is 1. The number of carbonyl (C=O) groups excluding carboxylic acids is 2. The van der Waals surface area contributed by atoms with Crippen molar-refractivity contribution in [2.24, 2.45) is 7.05 Å². The van der Waals surface area contributed by atoms with Crippen LogP contribution in [0.2, 0.25) is 0 Å². The lowest BCUT2D eigenvalue weighted by Gasteiger charge is -2.06. The van der Waals surface area contributed by atoms with E-state index >= 15 is 0 Å². The number of hydrogen-bond donors (Lipinski definition) is 1. The highest BCUT2D eigenvalue weighted by atomic mass is 16.5. The second-order valence-corrected chi connectivity index (χ2v) is 4.33. The average Bonchev–Trinajstić information content (AvgIpc) is 2.77. The zero-order valence-corrected chi connectivity index (χ0v) is 11.5. The van der Waals surface area contributed by atoms with Crippen LogP contribution in [0.25, 0.3) is 0 Å². The number of carbonyl (C=O) groups is 2. The van der Waals surface area contributed by atoms with Gasteiger partial charge in [-0.15, -0.1) is 0 Å². The molecule has 0 unspecified atom stereocenters. The molecule has 0 aliphatic heterocycles. The summed E-state index contributed by atoms with van der Waals surface area (Å²) in [6.07, 6.45) is 1.65. The Kier molecular flexibility index (Phi) is 3.84. The molecule has 20 heavy (non-hydrogen) atoms. The van der Waals surface area contributed by atoms with Crippen LogP contribution in [-0.2, 0) is 11.8 Å². The molecule has 2 aromatic rings. The highest BCUT2D eigenvalue weighted by Gasteiger charge is 2.13. The normalized spacial score (nSPS) is 10.2. The Hall–Kier alpha value is -2.63.